The molecule has 0 saturated carbocycles. The number of benzene rings is 2. The number of aryl methyl sites for hydroxylation is 1. The van der Waals surface area contributed by atoms with Crippen LogP contribution in [0.4, 0.5) is 0 Å². The Bertz CT molecular complexity index is 1190. The van der Waals surface area contributed by atoms with Crippen LogP contribution in [0.2, 0.25) is 0 Å². The Morgan fingerprint density at radius 3 is 2.55 bits per heavy atom. The highest BCUT2D eigenvalue weighted by Gasteiger charge is 2.12. The molecule has 0 radical (unpaired) electrons. The number of hydrogen-bond acceptors (Lipinski definition) is 6. The van der Waals surface area contributed by atoms with Crippen LogP contribution < -0.4 is 15.1 Å². The summed E-state index contributed by atoms with van der Waals surface area (Å²) in [7, 11) is 3.12. The van der Waals surface area contributed by atoms with Crippen molar-refractivity contribution in [1.82, 2.24) is 0 Å². The van der Waals surface area contributed by atoms with Crippen LogP contribution in [0.1, 0.15) is 42.0 Å². The topological polar surface area (TPSA) is 75.0 Å². The summed E-state index contributed by atoms with van der Waals surface area (Å²) < 4.78 is 21.2. The first kappa shape index (κ1) is 22.2. The molecule has 0 unspecified atom stereocenters. The molecule has 2 aromatic carbocycles. The Labute approximate surface area is 181 Å². The van der Waals surface area contributed by atoms with Crippen molar-refractivity contribution in [1.29, 1.82) is 0 Å². The van der Waals surface area contributed by atoms with Crippen molar-refractivity contribution in [2.45, 2.75) is 33.3 Å². The second-order valence-electron chi connectivity index (χ2n) is 7.50. The Hall–Kier alpha value is -3.54. The molecule has 31 heavy (non-hydrogen) atoms. The lowest BCUT2D eigenvalue weighted by molar-refractivity contribution is -0.138. The highest BCUT2D eigenvalue weighted by atomic mass is 16.5. The minimum atomic E-state index is -0.532. The standard InChI is InChI=1S/C25H26O6/c1-15(2)20-13-21-18(11-25(27)31-23(21)10-16(20)3)14-30-24(26)9-7-17-6-8-19(28-4)12-22(17)29-5/h6-13,15H,14H2,1-5H3. The van der Waals surface area contributed by atoms with Gasteiger partial charge in [0.2, 0.25) is 0 Å². The van der Waals surface area contributed by atoms with Crippen molar-refractivity contribution >= 4 is 23.0 Å². The number of hydrogen-bond donors (Lipinski definition) is 0. The van der Waals surface area contributed by atoms with Gasteiger partial charge in [-0.25, -0.2) is 9.59 Å². The SMILES string of the molecule is COc1ccc(C=CC(=O)OCc2cc(=O)oc3cc(C)c(C(C)C)cc23)c(OC)c1. The number of carbonyl (C=O) groups is 1. The van der Waals surface area contributed by atoms with E-state index in [2.05, 4.69) is 13.8 Å². The summed E-state index contributed by atoms with van der Waals surface area (Å²) in [4.78, 5) is 24.3. The molecule has 0 N–H and O–H groups in total. The molecule has 3 aromatic rings. The fourth-order valence-electron chi connectivity index (χ4n) is 3.44. The van der Waals surface area contributed by atoms with E-state index in [0.717, 1.165) is 16.5 Å². The second-order valence-corrected chi connectivity index (χ2v) is 7.50. The lowest BCUT2D eigenvalue weighted by Crippen LogP contribution is -2.06. The van der Waals surface area contributed by atoms with Crippen LogP contribution >= 0.6 is 0 Å². The van der Waals surface area contributed by atoms with E-state index in [1.807, 2.05) is 19.1 Å². The summed E-state index contributed by atoms with van der Waals surface area (Å²) in [5.41, 5.74) is 3.53. The zero-order valence-corrected chi connectivity index (χ0v) is 18.4. The fourth-order valence-corrected chi connectivity index (χ4v) is 3.44. The van der Waals surface area contributed by atoms with Gasteiger partial charge in [-0.05, 0) is 54.3 Å². The van der Waals surface area contributed by atoms with Crippen LogP contribution in [0.3, 0.4) is 0 Å². The first-order valence-corrected chi connectivity index (χ1v) is 9.96. The highest BCUT2D eigenvalue weighted by molar-refractivity contribution is 5.88. The smallest absolute Gasteiger partial charge is 0.336 e. The third-order valence-electron chi connectivity index (χ3n) is 5.05. The molecule has 162 valence electrons. The summed E-state index contributed by atoms with van der Waals surface area (Å²) in [6.45, 7) is 6.15. The summed E-state index contributed by atoms with van der Waals surface area (Å²) in [5.74, 6) is 1.01. The van der Waals surface area contributed by atoms with Crippen molar-refractivity contribution in [3.63, 3.8) is 0 Å². The molecular weight excluding hydrogens is 396 g/mol. The molecule has 6 heteroatoms. The van der Waals surface area contributed by atoms with Gasteiger partial charge in [-0.3, -0.25) is 0 Å². The summed E-state index contributed by atoms with van der Waals surface area (Å²) in [6.07, 6.45) is 2.93. The quantitative estimate of drug-likeness (QED) is 0.303. The van der Waals surface area contributed by atoms with Gasteiger partial charge in [-0.1, -0.05) is 13.8 Å². The van der Waals surface area contributed by atoms with Crippen LogP contribution in [0, 0.1) is 6.92 Å². The molecule has 1 heterocycles. The van der Waals surface area contributed by atoms with E-state index in [1.165, 1.54) is 12.1 Å². The lowest BCUT2D eigenvalue weighted by atomic mass is 9.95. The molecule has 1 aromatic heterocycles. The molecular formula is C25H26O6. The van der Waals surface area contributed by atoms with E-state index in [4.69, 9.17) is 18.6 Å². The van der Waals surface area contributed by atoms with Gasteiger partial charge in [0.1, 0.15) is 23.7 Å². The molecule has 3 rings (SSSR count). The van der Waals surface area contributed by atoms with Crippen LogP contribution in [0.25, 0.3) is 17.0 Å². The summed E-state index contributed by atoms with van der Waals surface area (Å²) >= 11 is 0. The van der Waals surface area contributed by atoms with Crippen molar-refractivity contribution in [2.24, 2.45) is 0 Å². The minimum absolute atomic E-state index is 0.0361. The van der Waals surface area contributed by atoms with Crippen LogP contribution in [0.5, 0.6) is 11.5 Å². The number of rotatable bonds is 7. The predicted octanol–water partition coefficient (Wildman–Crippen LogP) is 5.00. The number of fused-ring (bicyclic) bond motifs is 1. The second kappa shape index (κ2) is 9.51. The summed E-state index contributed by atoms with van der Waals surface area (Å²) in [5, 5.41) is 0.766. The van der Waals surface area contributed by atoms with Gasteiger partial charge >= 0.3 is 11.6 Å². The minimum Gasteiger partial charge on any atom is -0.497 e. The van der Waals surface area contributed by atoms with E-state index in [0.29, 0.717) is 34.1 Å². The number of carbonyl (C=O) groups excluding carboxylic acids is 1. The van der Waals surface area contributed by atoms with Crippen molar-refractivity contribution in [3.8, 4) is 11.5 Å². The molecule has 0 amide bonds. The Kier molecular flexibility index (Phi) is 6.80. The predicted molar refractivity (Wildman–Crippen MR) is 120 cm³/mol. The average Bonchev–Trinajstić information content (AvgIpc) is 2.74. The number of methoxy groups -OCH3 is 2. The Morgan fingerprint density at radius 1 is 1.10 bits per heavy atom. The van der Waals surface area contributed by atoms with E-state index in [1.54, 1.807) is 38.5 Å². The maximum Gasteiger partial charge on any atom is 0.336 e. The zero-order valence-electron chi connectivity index (χ0n) is 18.4. The van der Waals surface area contributed by atoms with E-state index in [9.17, 15) is 9.59 Å². The van der Waals surface area contributed by atoms with E-state index >= 15 is 0 Å². The molecule has 0 aliphatic heterocycles. The molecule has 6 nitrogen and oxygen atoms in total. The molecule has 0 aliphatic rings. The monoisotopic (exact) mass is 422 g/mol. The van der Waals surface area contributed by atoms with Gasteiger partial charge in [0.15, 0.2) is 0 Å². The fraction of sp³-hybridized carbons (Fsp3) is 0.280. The molecule has 0 fully saturated rings. The lowest BCUT2D eigenvalue weighted by Gasteiger charge is -2.13. The van der Waals surface area contributed by atoms with Gasteiger partial charge < -0.3 is 18.6 Å². The molecule has 0 aliphatic carbocycles. The zero-order chi connectivity index (χ0) is 22.5. The van der Waals surface area contributed by atoms with Crippen molar-refractivity contribution in [2.75, 3.05) is 14.2 Å². The van der Waals surface area contributed by atoms with Crippen LogP contribution in [-0.2, 0) is 16.1 Å². The van der Waals surface area contributed by atoms with E-state index in [-0.39, 0.29) is 6.61 Å². The first-order chi connectivity index (χ1) is 14.8. The third-order valence-corrected chi connectivity index (χ3v) is 5.05. The molecule has 0 saturated heterocycles. The average molecular weight is 422 g/mol. The molecule has 0 bridgehead atoms. The van der Waals surface area contributed by atoms with Gasteiger partial charge in [-0.15, -0.1) is 0 Å². The largest absolute Gasteiger partial charge is 0.497 e. The van der Waals surface area contributed by atoms with Crippen molar-refractivity contribution in [3.05, 3.63) is 75.1 Å². The maximum atomic E-state index is 12.3. The van der Waals surface area contributed by atoms with Gasteiger partial charge in [0.25, 0.3) is 0 Å². The highest BCUT2D eigenvalue weighted by Crippen LogP contribution is 2.28. The number of esters is 1. The Balaban J connectivity index is 1.81. The van der Waals surface area contributed by atoms with Crippen LogP contribution in [-0.4, -0.2) is 20.2 Å². The first-order valence-electron chi connectivity index (χ1n) is 9.96. The summed E-state index contributed by atoms with van der Waals surface area (Å²) in [6, 6.07) is 10.5. The van der Waals surface area contributed by atoms with Gasteiger partial charge in [0, 0.05) is 34.7 Å². The normalized spacial score (nSPS) is 11.3. The van der Waals surface area contributed by atoms with Gasteiger partial charge in [0.05, 0.1) is 14.2 Å². The molecule has 0 atom stereocenters. The Morgan fingerprint density at radius 2 is 1.87 bits per heavy atom. The van der Waals surface area contributed by atoms with E-state index < -0.39 is 11.6 Å². The van der Waals surface area contributed by atoms with Crippen LogP contribution in [0.15, 0.2) is 51.7 Å². The number of ether oxygens (including phenoxy) is 3. The maximum absolute atomic E-state index is 12.3. The van der Waals surface area contributed by atoms with Gasteiger partial charge in [-0.2, -0.15) is 0 Å². The third kappa shape index (κ3) is 5.15. The van der Waals surface area contributed by atoms with Crippen molar-refractivity contribution < 1.29 is 23.4 Å². The molecule has 0 spiro atoms.